The van der Waals surface area contributed by atoms with E-state index in [1.807, 2.05) is 31.2 Å². The average Bonchev–Trinajstić information content (AvgIpc) is 2.37. The summed E-state index contributed by atoms with van der Waals surface area (Å²) in [5, 5.41) is 3.98. The van der Waals surface area contributed by atoms with E-state index >= 15 is 0 Å². The van der Waals surface area contributed by atoms with Gasteiger partial charge in [-0.25, -0.2) is 4.98 Å². The number of hydrogen-bond acceptors (Lipinski definition) is 5. The van der Waals surface area contributed by atoms with Crippen molar-refractivity contribution in [1.82, 2.24) is 9.97 Å². The summed E-state index contributed by atoms with van der Waals surface area (Å²) in [6, 6.07) is 7.68. The van der Waals surface area contributed by atoms with Crippen molar-refractivity contribution in [2.45, 2.75) is 6.92 Å². The van der Waals surface area contributed by atoms with Gasteiger partial charge in [-0.05, 0) is 19.1 Å². The van der Waals surface area contributed by atoms with Crippen LogP contribution in [0.5, 0.6) is 0 Å². The van der Waals surface area contributed by atoms with Crippen molar-refractivity contribution >= 4 is 28.6 Å². The van der Waals surface area contributed by atoms with Gasteiger partial charge < -0.3 is 16.0 Å². The first-order valence-electron chi connectivity index (χ1n) is 6.12. The molecule has 0 saturated carbocycles. The largest absolute Gasteiger partial charge is 0.368 e. The number of para-hydroxylation sites is 1. The maximum Gasteiger partial charge on any atom is 0.236 e. The van der Waals surface area contributed by atoms with Crippen molar-refractivity contribution in [2.24, 2.45) is 5.73 Å². The summed E-state index contributed by atoms with van der Waals surface area (Å²) in [6.45, 7) is 2.83. The summed E-state index contributed by atoms with van der Waals surface area (Å²) in [5.74, 6) is 0.850. The van der Waals surface area contributed by atoms with Crippen molar-refractivity contribution in [3.63, 3.8) is 0 Å². The Bertz CT molecular complexity index is 599. The first-order chi connectivity index (χ1) is 9.11. The normalized spacial score (nSPS) is 10.4. The van der Waals surface area contributed by atoms with E-state index < -0.39 is 5.91 Å². The van der Waals surface area contributed by atoms with Gasteiger partial charge in [-0.15, -0.1) is 0 Å². The topological polar surface area (TPSA) is 84.1 Å². The number of rotatable bonds is 5. The lowest BCUT2D eigenvalue weighted by Crippen LogP contribution is -2.31. The zero-order valence-corrected chi connectivity index (χ0v) is 11.1. The van der Waals surface area contributed by atoms with Gasteiger partial charge in [0.15, 0.2) is 0 Å². The fourth-order valence-electron chi connectivity index (χ4n) is 1.90. The Morgan fingerprint density at radius 3 is 2.79 bits per heavy atom. The molecule has 0 atom stereocenters. The molecule has 19 heavy (non-hydrogen) atoms. The van der Waals surface area contributed by atoms with Gasteiger partial charge in [-0.1, -0.05) is 12.1 Å². The summed E-state index contributed by atoms with van der Waals surface area (Å²) < 4.78 is 0. The lowest BCUT2D eigenvalue weighted by molar-refractivity contribution is -0.116. The Labute approximate surface area is 111 Å². The van der Waals surface area contributed by atoms with E-state index in [9.17, 15) is 4.79 Å². The molecule has 0 aliphatic heterocycles. The zero-order chi connectivity index (χ0) is 13.8. The summed E-state index contributed by atoms with van der Waals surface area (Å²) in [4.78, 5) is 21.6. The highest BCUT2D eigenvalue weighted by atomic mass is 16.1. The van der Waals surface area contributed by atoms with Crippen LogP contribution in [0.25, 0.3) is 10.9 Å². The second-order valence-electron chi connectivity index (χ2n) is 4.24. The molecule has 1 heterocycles. The first kappa shape index (κ1) is 13.1. The molecule has 0 aliphatic rings. The highest BCUT2D eigenvalue weighted by Crippen LogP contribution is 2.24. The molecule has 3 N–H and O–H groups in total. The number of nitrogens with two attached hydrogens (primary N) is 1. The van der Waals surface area contributed by atoms with Crippen molar-refractivity contribution in [1.29, 1.82) is 0 Å². The van der Waals surface area contributed by atoms with Crippen LogP contribution in [-0.2, 0) is 4.79 Å². The van der Waals surface area contributed by atoms with Crippen LogP contribution in [0.2, 0.25) is 0 Å². The van der Waals surface area contributed by atoms with Crippen LogP contribution >= 0.6 is 0 Å². The van der Waals surface area contributed by atoms with Crippen molar-refractivity contribution in [2.75, 3.05) is 30.4 Å². The SMILES string of the molecule is CCNc1nc(N(C)CC(N)=O)c2ccccc2n1. The number of primary amides is 1. The number of anilines is 2. The standard InChI is InChI=1S/C13H17N5O/c1-3-15-13-16-10-7-5-4-6-9(10)12(17-13)18(2)8-11(14)19/h4-7H,3,8H2,1-2H3,(H2,14,19)(H,15,16,17). The second-order valence-corrected chi connectivity index (χ2v) is 4.24. The maximum atomic E-state index is 11.1. The molecule has 0 aliphatic carbocycles. The molecular weight excluding hydrogens is 242 g/mol. The second kappa shape index (κ2) is 5.51. The molecule has 2 rings (SSSR count). The molecule has 6 nitrogen and oxygen atoms in total. The number of hydrogen-bond donors (Lipinski definition) is 2. The van der Waals surface area contributed by atoms with Crippen LogP contribution < -0.4 is 16.0 Å². The highest BCUT2D eigenvalue weighted by Gasteiger charge is 2.12. The number of likely N-dealkylation sites (N-methyl/N-ethyl adjacent to an activating group) is 1. The fourth-order valence-corrected chi connectivity index (χ4v) is 1.90. The minimum Gasteiger partial charge on any atom is -0.368 e. The quantitative estimate of drug-likeness (QED) is 0.836. The maximum absolute atomic E-state index is 11.1. The minimum absolute atomic E-state index is 0.118. The third-order valence-corrected chi connectivity index (χ3v) is 2.67. The number of carbonyl (C=O) groups excluding carboxylic acids is 1. The fraction of sp³-hybridized carbons (Fsp3) is 0.308. The Morgan fingerprint density at radius 2 is 2.11 bits per heavy atom. The predicted molar refractivity (Wildman–Crippen MR) is 76.2 cm³/mol. The molecule has 0 radical (unpaired) electrons. The average molecular weight is 259 g/mol. The van der Waals surface area contributed by atoms with Gasteiger partial charge in [-0.3, -0.25) is 4.79 Å². The van der Waals surface area contributed by atoms with Gasteiger partial charge in [0.05, 0.1) is 12.1 Å². The number of nitrogens with one attached hydrogen (secondary N) is 1. The summed E-state index contributed by atoms with van der Waals surface area (Å²) in [7, 11) is 1.79. The van der Waals surface area contributed by atoms with Crippen LogP contribution in [0.4, 0.5) is 11.8 Å². The third kappa shape index (κ3) is 2.90. The van der Waals surface area contributed by atoms with E-state index in [-0.39, 0.29) is 6.54 Å². The van der Waals surface area contributed by atoms with Crippen molar-refractivity contribution < 1.29 is 4.79 Å². The smallest absolute Gasteiger partial charge is 0.236 e. The molecule has 0 bridgehead atoms. The van der Waals surface area contributed by atoms with Gasteiger partial charge in [0.2, 0.25) is 11.9 Å². The Kier molecular flexibility index (Phi) is 3.79. The number of nitrogens with zero attached hydrogens (tertiary/aromatic N) is 3. The van der Waals surface area contributed by atoms with E-state index in [1.54, 1.807) is 11.9 Å². The van der Waals surface area contributed by atoms with Crippen molar-refractivity contribution in [3.8, 4) is 0 Å². The van der Waals surface area contributed by atoms with E-state index in [1.165, 1.54) is 0 Å². The third-order valence-electron chi connectivity index (χ3n) is 2.67. The summed E-state index contributed by atoms with van der Waals surface area (Å²) >= 11 is 0. The molecule has 6 heteroatoms. The number of benzene rings is 1. The summed E-state index contributed by atoms with van der Waals surface area (Å²) in [5.41, 5.74) is 6.06. The minimum atomic E-state index is -0.393. The molecule has 1 amide bonds. The van der Waals surface area contributed by atoms with Gasteiger partial charge in [0.25, 0.3) is 0 Å². The number of fused-ring (bicyclic) bond motifs is 1. The zero-order valence-electron chi connectivity index (χ0n) is 11.1. The van der Waals surface area contributed by atoms with Gasteiger partial charge >= 0.3 is 0 Å². The van der Waals surface area contributed by atoms with Crippen molar-refractivity contribution in [3.05, 3.63) is 24.3 Å². The Balaban J connectivity index is 2.52. The lowest BCUT2D eigenvalue weighted by atomic mass is 10.2. The molecule has 1 aromatic carbocycles. The van der Waals surface area contributed by atoms with Crippen LogP contribution in [0.1, 0.15) is 6.92 Å². The number of amides is 1. The van der Waals surface area contributed by atoms with Gasteiger partial charge in [0, 0.05) is 19.0 Å². The molecule has 0 spiro atoms. The molecular formula is C13H17N5O. The van der Waals surface area contributed by atoms with Crippen LogP contribution in [-0.4, -0.2) is 36.0 Å². The monoisotopic (exact) mass is 259 g/mol. The molecule has 0 fully saturated rings. The molecule has 1 aromatic heterocycles. The van der Waals surface area contributed by atoms with E-state index in [4.69, 9.17) is 5.73 Å². The van der Waals surface area contributed by atoms with Crippen LogP contribution in [0.3, 0.4) is 0 Å². The van der Waals surface area contributed by atoms with Gasteiger partial charge in [-0.2, -0.15) is 4.98 Å². The molecule has 100 valence electrons. The number of aromatic nitrogens is 2. The van der Waals surface area contributed by atoms with E-state index in [0.717, 1.165) is 17.4 Å². The molecule has 2 aromatic rings. The van der Waals surface area contributed by atoms with Crippen LogP contribution in [0.15, 0.2) is 24.3 Å². The Morgan fingerprint density at radius 1 is 1.37 bits per heavy atom. The first-order valence-corrected chi connectivity index (χ1v) is 6.12. The van der Waals surface area contributed by atoms with E-state index in [2.05, 4.69) is 15.3 Å². The predicted octanol–water partition coefficient (Wildman–Crippen LogP) is 0.983. The Hall–Kier alpha value is -2.37. The lowest BCUT2D eigenvalue weighted by Gasteiger charge is -2.19. The molecule has 0 unspecified atom stereocenters. The van der Waals surface area contributed by atoms with E-state index in [0.29, 0.717) is 11.8 Å². The van der Waals surface area contributed by atoms with Gasteiger partial charge in [0.1, 0.15) is 5.82 Å². The molecule has 0 saturated heterocycles. The number of carbonyl (C=O) groups is 1. The summed E-state index contributed by atoms with van der Waals surface area (Å²) in [6.07, 6.45) is 0. The van der Waals surface area contributed by atoms with Crippen LogP contribution in [0, 0.1) is 0 Å². The highest BCUT2D eigenvalue weighted by molar-refractivity contribution is 5.92.